The van der Waals surface area contributed by atoms with Crippen LogP contribution < -0.4 is 10.1 Å². The van der Waals surface area contributed by atoms with Crippen molar-refractivity contribution < 1.29 is 9.53 Å². The average molecular weight is 262 g/mol. The number of likely N-dealkylation sites (tertiary alicyclic amines) is 1. The Bertz CT molecular complexity index is 434. The number of aryl methyl sites for hydroxylation is 1. The molecule has 1 aromatic carbocycles. The van der Waals surface area contributed by atoms with Crippen molar-refractivity contribution >= 4 is 5.91 Å². The number of likely N-dealkylation sites (N-methyl/N-ethyl adjacent to an activating group) is 1. The fourth-order valence-electron chi connectivity index (χ4n) is 2.44. The summed E-state index contributed by atoms with van der Waals surface area (Å²) in [6.07, 6.45) is 2.35. The monoisotopic (exact) mass is 262 g/mol. The van der Waals surface area contributed by atoms with Gasteiger partial charge in [-0.15, -0.1) is 0 Å². The van der Waals surface area contributed by atoms with E-state index in [2.05, 4.69) is 17.3 Å². The Morgan fingerprint density at radius 1 is 1.53 bits per heavy atom. The van der Waals surface area contributed by atoms with Crippen molar-refractivity contribution in [1.82, 2.24) is 10.2 Å². The van der Waals surface area contributed by atoms with Crippen LogP contribution in [0.5, 0.6) is 5.75 Å². The van der Waals surface area contributed by atoms with Crippen molar-refractivity contribution in [2.24, 2.45) is 0 Å². The van der Waals surface area contributed by atoms with Gasteiger partial charge in [-0.1, -0.05) is 12.1 Å². The second-order valence-electron chi connectivity index (χ2n) is 5.17. The SMILES string of the molecule is COc1cccc(CCC(=O)NC2CCN(C)C2)c1. The van der Waals surface area contributed by atoms with Gasteiger partial charge in [0, 0.05) is 19.0 Å². The van der Waals surface area contributed by atoms with Crippen LogP contribution in [0.1, 0.15) is 18.4 Å². The molecule has 4 heteroatoms. The summed E-state index contributed by atoms with van der Waals surface area (Å²) in [6, 6.07) is 8.20. The van der Waals surface area contributed by atoms with E-state index in [1.807, 2.05) is 24.3 Å². The number of amides is 1. The minimum Gasteiger partial charge on any atom is -0.497 e. The van der Waals surface area contributed by atoms with E-state index in [0.29, 0.717) is 12.5 Å². The topological polar surface area (TPSA) is 41.6 Å². The van der Waals surface area contributed by atoms with E-state index >= 15 is 0 Å². The molecule has 2 rings (SSSR count). The minimum atomic E-state index is 0.142. The van der Waals surface area contributed by atoms with Crippen LogP contribution in [0, 0.1) is 0 Å². The maximum Gasteiger partial charge on any atom is 0.220 e. The lowest BCUT2D eigenvalue weighted by atomic mass is 10.1. The summed E-state index contributed by atoms with van der Waals surface area (Å²) >= 11 is 0. The minimum absolute atomic E-state index is 0.142. The molecule has 0 bridgehead atoms. The number of hydrogen-bond donors (Lipinski definition) is 1. The number of methoxy groups -OCH3 is 1. The zero-order chi connectivity index (χ0) is 13.7. The highest BCUT2D eigenvalue weighted by Crippen LogP contribution is 2.14. The van der Waals surface area contributed by atoms with Gasteiger partial charge in [0.2, 0.25) is 5.91 Å². The highest BCUT2D eigenvalue weighted by Gasteiger charge is 2.20. The van der Waals surface area contributed by atoms with Gasteiger partial charge in [-0.25, -0.2) is 0 Å². The molecule has 1 fully saturated rings. The third-order valence-corrected chi connectivity index (χ3v) is 3.53. The Morgan fingerprint density at radius 2 is 2.37 bits per heavy atom. The summed E-state index contributed by atoms with van der Waals surface area (Å²) in [5, 5.41) is 3.10. The quantitative estimate of drug-likeness (QED) is 0.873. The highest BCUT2D eigenvalue weighted by molar-refractivity contribution is 5.76. The van der Waals surface area contributed by atoms with Gasteiger partial charge in [-0.3, -0.25) is 4.79 Å². The summed E-state index contributed by atoms with van der Waals surface area (Å²) < 4.78 is 5.17. The van der Waals surface area contributed by atoms with Crippen LogP contribution in [-0.4, -0.2) is 44.1 Å². The van der Waals surface area contributed by atoms with Crippen molar-refractivity contribution in [3.63, 3.8) is 0 Å². The smallest absolute Gasteiger partial charge is 0.220 e. The molecule has 0 spiro atoms. The van der Waals surface area contributed by atoms with Gasteiger partial charge in [0.05, 0.1) is 7.11 Å². The van der Waals surface area contributed by atoms with E-state index in [4.69, 9.17) is 4.74 Å². The Balaban J connectivity index is 1.76. The molecule has 104 valence electrons. The van der Waals surface area contributed by atoms with Crippen molar-refractivity contribution in [2.75, 3.05) is 27.2 Å². The Hall–Kier alpha value is -1.55. The molecule has 0 aromatic heterocycles. The second kappa shape index (κ2) is 6.57. The van der Waals surface area contributed by atoms with Crippen molar-refractivity contribution in [3.8, 4) is 5.75 Å². The number of nitrogens with one attached hydrogen (secondary N) is 1. The second-order valence-corrected chi connectivity index (χ2v) is 5.17. The van der Waals surface area contributed by atoms with E-state index in [9.17, 15) is 4.79 Å². The van der Waals surface area contributed by atoms with E-state index in [0.717, 1.165) is 37.2 Å². The Labute approximate surface area is 114 Å². The van der Waals surface area contributed by atoms with E-state index in [1.54, 1.807) is 7.11 Å². The molecule has 1 amide bonds. The zero-order valence-corrected chi connectivity index (χ0v) is 11.7. The zero-order valence-electron chi connectivity index (χ0n) is 11.7. The van der Waals surface area contributed by atoms with Crippen LogP contribution >= 0.6 is 0 Å². The predicted octanol–water partition coefficient (Wildman–Crippen LogP) is 1.45. The van der Waals surface area contributed by atoms with Crippen molar-refractivity contribution in [2.45, 2.75) is 25.3 Å². The van der Waals surface area contributed by atoms with Crippen molar-refractivity contribution in [1.29, 1.82) is 0 Å². The summed E-state index contributed by atoms with van der Waals surface area (Å²) in [6.45, 7) is 2.03. The molecule has 0 radical (unpaired) electrons. The molecule has 1 atom stereocenters. The molecule has 1 saturated heterocycles. The van der Waals surface area contributed by atoms with Gasteiger partial charge in [-0.2, -0.15) is 0 Å². The lowest BCUT2D eigenvalue weighted by Gasteiger charge is -2.12. The first-order chi connectivity index (χ1) is 9.17. The number of hydrogen-bond acceptors (Lipinski definition) is 3. The predicted molar refractivity (Wildman–Crippen MR) is 75.4 cm³/mol. The fourth-order valence-corrected chi connectivity index (χ4v) is 2.44. The third-order valence-electron chi connectivity index (χ3n) is 3.53. The standard InChI is InChI=1S/C15H22N2O2/c1-17-9-8-13(11-17)16-15(18)7-6-12-4-3-5-14(10-12)19-2/h3-5,10,13H,6-9,11H2,1-2H3,(H,16,18). The molecule has 0 aliphatic carbocycles. The van der Waals surface area contributed by atoms with Crippen LogP contribution in [0.4, 0.5) is 0 Å². The molecule has 1 aliphatic rings. The number of rotatable bonds is 5. The largest absolute Gasteiger partial charge is 0.497 e. The molecule has 1 heterocycles. The Morgan fingerprint density at radius 3 is 3.05 bits per heavy atom. The maximum atomic E-state index is 11.9. The van der Waals surface area contributed by atoms with Gasteiger partial charge in [0.25, 0.3) is 0 Å². The molecule has 4 nitrogen and oxygen atoms in total. The molecule has 1 unspecified atom stereocenters. The van der Waals surface area contributed by atoms with Crippen LogP contribution in [-0.2, 0) is 11.2 Å². The first-order valence-electron chi connectivity index (χ1n) is 6.78. The van der Waals surface area contributed by atoms with E-state index in [1.165, 1.54) is 0 Å². The van der Waals surface area contributed by atoms with Gasteiger partial charge >= 0.3 is 0 Å². The number of ether oxygens (including phenoxy) is 1. The van der Waals surface area contributed by atoms with E-state index < -0.39 is 0 Å². The lowest BCUT2D eigenvalue weighted by molar-refractivity contribution is -0.121. The van der Waals surface area contributed by atoms with Crippen molar-refractivity contribution in [3.05, 3.63) is 29.8 Å². The van der Waals surface area contributed by atoms with Crippen LogP contribution in [0.15, 0.2) is 24.3 Å². The third kappa shape index (κ3) is 4.24. The van der Waals surface area contributed by atoms with Gasteiger partial charge < -0.3 is 15.0 Å². The maximum absolute atomic E-state index is 11.9. The van der Waals surface area contributed by atoms with Gasteiger partial charge in [0.1, 0.15) is 5.75 Å². The fraction of sp³-hybridized carbons (Fsp3) is 0.533. The molecule has 0 saturated carbocycles. The molecule has 1 aliphatic heterocycles. The molecular formula is C15H22N2O2. The van der Waals surface area contributed by atoms with Gasteiger partial charge in [-0.05, 0) is 44.1 Å². The number of benzene rings is 1. The first-order valence-corrected chi connectivity index (χ1v) is 6.78. The summed E-state index contributed by atoms with van der Waals surface area (Å²) in [4.78, 5) is 14.1. The highest BCUT2D eigenvalue weighted by atomic mass is 16.5. The summed E-state index contributed by atoms with van der Waals surface area (Å²) in [5.41, 5.74) is 1.14. The molecule has 1 N–H and O–H groups in total. The average Bonchev–Trinajstić information content (AvgIpc) is 2.82. The van der Waals surface area contributed by atoms with Gasteiger partial charge in [0.15, 0.2) is 0 Å². The van der Waals surface area contributed by atoms with E-state index in [-0.39, 0.29) is 5.91 Å². The number of carbonyl (C=O) groups is 1. The number of carbonyl (C=O) groups excluding carboxylic acids is 1. The molecule has 19 heavy (non-hydrogen) atoms. The van der Waals surface area contributed by atoms with Crippen LogP contribution in [0.2, 0.25) is 0 Å². The number of nitrogens with zero attached hydrogens (tertiary/aromatic N) is 1. The first kappa shape index (κ1) is 13.9. The Kier molecular flexibility index (Phi) is 4.80. The van der Waals surface area contributed by atoms with Crippen LogP contribution in [0.25, 0.3) is 0 Å². The summed E-state index contributed by atoms with van der Waals surface area (Å²) in [5.74, 6) is 0.985. The molecule has 1 aromatic rings. The summed E-state index contributed by atoms with van der Waals surface area (Å²) in [7, 11) is 3.74. The molecular weight excluding hydrogens is 240 g/mol. The normalized spacial score (nSPS) is 19.4. The lowest BCUT2D eigenvalue weighted by Crippen LogP contribution is -2.36. The van der Waals surface area contributed by atoms with Crippen LogP contribution in [0.3, 0.4) is 0 Å².